The lowest BCUT2D eigenvalue weighted by atomic mass is 10.2. The number of hydrogen-bond donors (Lipinski definition) is 1. The van der Waals surface area contributed by atoms with Crippen LogP contribution in [0.3, 0.4) is 0 Å². The Morgan fingerprint density at radius 1 is 1.59 bits per heavy atom. The van der Waals surface area contributed by atoms with Gasteiger partial charge in [0.2, 0.25) is 5.91 Å². The molecule has 1 aromatic heterocycles. The zero-order valence-electron chi connectivity index (χ0n) is 12.3. The molecule has 9 nitrogen and oxygen atoms in total. The second kappa shape index (κ2) is 8.44. The van der Waals surface area contributed by atoms with Crippen molar-refractivity contribution in [2.45, 2.75) is 38.5 Å². The number of carbonyl (C=O) groups is 1. The van der Waals surface area contributed by atoms with Crippen LogP contribution >= 0.6 is 0 Å². The van der Waals surface area contributed by atoms with Gasteiger partial charge < -0.3 is 14.8 Å². The highest BCUT2D eigenvalue weighted by atomic mass is 16.7. The maximum absolute atomic E-state index is 11.6. The van der Waals surface area contributed by atoms with Crippen LogP contribution in [0.5, 0.6) is 0 Å². The van der Waals surface area contributed by atoms with Crippen molar-refractivity contribution in [2.24, 2.45) is 0 Å². The van der Waals surface area contributed by atoms with Gasteiger partial charge in [-0.25, -0.2) is 0 Å². The molecule has 1 atom stereocenters. The minimum Gasteiger partial charge on any atom is -0.354 e. The Bertz CT molecular complexity index is 498. The molecule has 0 saturated carbocycles. The first-order valence-electron chi connectivity index (χ1n) is 7.32. The summed E-state index contributed by atoms with van der Waals surface area (Å²) in [6.45, 7) is 1.71. The first-order valence-corrected chi connectivity index (χ1v) is 7.32. The largest absolute Gasteiger partial charge is 0.354 e. The number of rotatable bonds is 8. The summed E-state index contributed by atoms with van der Waals surface area (Å²) in [5, 5.41) is 17.0. The summed E-state index contributed by atoms with van der Waals surface area (Å²) < 4.78 is 12.2. The van der Waals surface area contributed by atoms with Crippen molar-refractivity contribution in [1.29, 1.82) is 0 Å². The Kier molecular flexibility index (Phi) is 6.28. The number of aromatic nitrogens is 2. The van der Waals surface area contributed by atoms with E-state index in [-0.39, 0.29) is 24.4 Å². The molecule has 2 rings (SSSR count). The van der Waals surface area contributed by atoms with Crippen LogP contribution in [-0.4, -0.2) is 46.7 Å². The van der Waals surface area contributed by atoms with Gasteiger partial charge in [0.1, 0.15) is 18.9 Å². The number of nitrogens with one attached hydrogen (secondary N) is 1. The fourth-order valence-corrected chi connectivity index (χ4v) is 2.09. The Morgan fingerprint density at radius 3 is 3.14 bits per heavy atom. The molecular weight excluding hydrogens is 292 g/mol. The lowest BCUT2D eigenvalue weighted by molar-refractivity contribution is -0.385. The number of hydrogen-bond acceptors (Lipinski definition) is 6. The summed E-state index contributed by atoms with van der Waals surface area (Å²) in [4.78, 5) is 21.6. The van der Waals surface area contributed by atoms with Gasteiger partial charge in [-0.2, -0.15) is 5.10 Å². The highest BCUT2D eigenvalue weighted by Gasteiger charge is 2.14. The average molecular weight is 312 g/mol. The van der Waals surface area contributed by atoms with Crippen molar-refractivity contribution in [1.82, 2.24) is 15.1 Å². The van der Waals surface area contributed by atoms with E-state index in [0.717, 1.165) is 32.1 Å². The molecule has 1 aliphatic heterocycles. The first-order chi connectivity index (χ1) is 10.6. The minimum absolute atomic E-state index is 0.0412. The summed E-state index contributed by atoms with van der Waals surface area (Å²) in [5.41, 5.74) is -0.131. The molecule has 1 unspecified atom stereocenters. The lowest BCUT2D eigenvalue weighted by Crippen LogP contribution is -2.30. The van der Waals surface area contributed by atoms with Crippen molar-refractivity contribution < 1.29 is 19.2 Å². The third-order valence-corrected chi connectivity index (χ3v) is 3.22. The minimum atomic E-state index is -0.550. The van der Waals surface area contributed by atoms with Gasteiger partial charge in [0.05, 0.1) is 11.5 Å². The van der Waals surface area contributed by atoms with Crippen LogP contribution in [-0.2, 0) is 20.8 Å². The van der Waals surface area contributed by atoms with Gasteiger partial charge in [0.15, 0.2) is 6.29 Å². The molecule has 22 heavy (non-hydrogen) atoms. The summed E-state index contributed by atoms with van der Waals surface area (Å²) in [6.07, 6.45) is 6.04. The van der Waals surface area contributed by atoms with Crippen LogP contribution in [0.2, 0.25) is 0 Å². The van der Waals surface area contributed by atoms with E-state index in [4.69, 9.17) is 9.47 Å². The summed E-state index contributed by atoms with van der Waals surface area (Å²) in [5.74, 6) is -0.244. The topological polar surface area (TPSA) is 109 Å². The van der Waals surface area contributed by atoms with Gasteiger partial charge in [-0.05, 0) is 25.7 Å². The van der Waals surface area contributed by atoms with E-state index in [1.807, 2.05) is 0 Å². The fourth-order valence-electron chi connectivity index (χ4n) is 2.09. The molecule has 0 aromatic carbocycles. The number of nitrogens with zero attached hydrogens (tertiary/aromatic N) is 3. The molecule has 0 aliphatic carbocycles. The van der Waals surface area contributed by atoms with E-state index in [9.17, 15) is 14.9 Å². The Hall–Kier alpha value is -2.00. The highest BCUT2D eigenvalue weighted by Crippen LogP contribution is 2.13. The normalized spacial score (nSPS) is 18.1. The van der Waals surface area contributed by atoms with Crippen molar-refractivity contribution >= 4 is 11.6 Å². The average Bonchev–Trinajstić information content (AvgIpc) is 2.96. The van der Waals surface area contributed by atoms with Crippen molar-refractivity contribution in [3.63, 3.8) is 0 Å². The number of nitro groups is 1. The molecule has 9 heteroatoms. The summed E-state index contributed by atoms with van der Waals surface area (Å²) in [7, 11) is 0. The standard InChI is InChI=1S/C13H20N4O5/c18-12(10-16-9-11(8-15-16)17(19)20)14-5-3-7-22-13-4-1-2-6-21-13/h8-9,13H,1-7,10H2,(H,14,18). The SMILES string of the molecule is O=C(Cn1cc([N+](=O)[O-])cn1)NCCCOC1CCCCO1. The van der Waals surface area contributed by atoms with Gasteiger partial charge in [0, 0.05) is 13.2 Å². The highest BCUT2D eigenvalue weighted by molar-refractivity contribution is 5.75. The van der Waals surface area contributed by atoms with E-state index in [1.165, 1.54) is 10.9 Å². The van der Waals surface area contributed by atoms with Crippen LogP contribution in [0.1, 0.15) is 25.7 Å². The van der Waals surface area contributed by atoms with Crippen LogP contribution in [0.4, 0.5) is 5.69 Å². The van der Waals surface area contributed by atoms with Gasteiger partial charge in [-0.1, -0.05) is 0 Å². The van der Waals surface area contributed by atoms with Crippen LogP contribution in [0.25, 0.3) is 0 Å². The molecule has 1 amide bonds. The molecule has 1 N–H and O–H groups in total. The van der Waals surface area contributed by atoms with Crippen molar-refractivity contribution in [3.05, 3.63) is 22.5 Å². The Morgan fingerprint density at radius 2 is 2.45 bits per heavy atom. The monoisotopic (exact) mass is 312 g/mol. The zero-order chi connectivity index (χ0) is 15.8. The molecule has 2 heterocycles. The molecule has 1 saturated heterocycles. The molecule has 0 spiro atoms. The third kappa shape index (κ3) is 5.41. The Labute approximate surface area is 127 Å². The smallest absolute Gasteiger partial charge is 0.307 e. The summed E-state index contributed by atoms with van der Waals surface area (Å²) in [6, 6.07) is 0. The van der Waals surface area contributed by atoms with Gasteiger partial charge in [-0.3, -0.25) is 19.6 Å². The number of ether oxygens (including phenoxy) is 2. The van der Waals surface area contributed by atoms with Crippen LogP contribution < -0.4 is 5.32 Å². The third-order valence-electron chi connectivity index (χ3n) is 3.22. The first kappa shape index (κ1) is 16.4. The zero-order valence-corrected chi connectivity index (χ0v) is 12.3. The van der Waals surface area contributed by atoms with E-state index in [2.05, 4.69) is 10.4 Å². The molecule has 1 fully saturated rings. The quantitative estimate of drug-likeness (QED) is 0.433. The predicted octanol–water partition coefficient (Wildman–Crippen LogP) is 0.841. The second-order valence-corrected chi connectivity index (χ2v) is 5.02. The molecule has 1 aliphatic rings. The van der Waals surface area contributed by atoms with Crippen LogP contribution in [0.15, 0.2) is 12.4 Å². The van der Waals surface area contributed by atoms with E-state index in [0.29, 0.717) is 19.6 Å². The van der Waals surface area contributed by atoms with Gasteiger partial charge in [-0.15, -0.1) is 0 Å². The van der Waals surface area contributed by atoms with Gasteiger partial charge in [0.25, 0.3) is 0 Å². The van der Waals surface area contributed by atoms with E-state index < -0.39 is 4.92 Å². The fraction of sp³-hybridized carbons (Fsp3) is 0.692. The Balaban J connectivity index is 1.56. The maximum Gasteiger partial charge on any atom is 0.307 e. The molecule has 0 bridgehead atoms. The van der Waals surface area contributed by atoms with Crippen molar-refractivity contribution in [3.8, 4) is 0 Å². The molecule has 0 radical (unpaired) electrons. The molecule has 122 valence electrons. The lowest BCUT2D eigenvalue weighted by Gasteiger charge is -2.22. The van der Waals surface area contributed by atoms with Crippen LogP contribution in [0, 0.1) is 10.1 Å². The van der Waals surface area contributed by atoms with E-state index >= 15 is 0 Å². The van der Waals surface area contributed by atoms with Gasteiger partial charge >= 0.3 is 5.69 Å². The molecular formula is C13H20N4O5. The second-order valence-electron chi connectivity index (χ2n) is 5.02. The maximum atomic E-state index is 11.6. The molecule has 1 aromatic rings. The summed E-state index contributed by atoms with van der Waals surface area (Å²) >= 11 is 0. The van der Waals surface area contributed by atoms with E-state index in [1.54, 1.807) is 0 Å². The predicted molar refractivity (Wildman–Crippen MR) is 76.1 cm³/mol. The van der Waals surface area contributed by atoms with Crippen molar-refractivity contribution in [2.75, 3.05) is 19.8 Å². The number of amides is 1. The number of carbonyl (C=O) groups excluding carboxylic acids is 1.